The van der Waals surface area contributed by atoms with Gasteiger partial charge in [0.1, 0.15) is 0 Å². The Balaban J connectivity index is -0.000000562. The second kappa shape index (κ2) is 64.1. The number of nitrogens with one attached hydrogen (secondary N) is 1. The Morgan fingerprint density at radius 3 is 1.17 bits per heavy atom. The summed E-state index contributed by atoms with van der Waals surface area (Å²) in [6.07, 6.45) is 30.6. The van der Waals surface area contributed by atoms with Crippen molar-refractivity contribution >= 4 is 22.7 Å². The molecule has 18 heteroatoms. The minimum Gasteiger partial charge on any atom is -0.399 e. The molecule has 18 nitrogen and oxygen atoms in total. The van der Waals surface area contributed by atoms with Crippen LogP contribution in [0, 0.1) is 41.4 Å². The number of nitrogens with two attached hydrogens (primary N) is 15. The van der Waals surface area contributed by atoms with Crippen molar-refractivity contribution in [2.24, 2.45) is 97.6 Å². The van der Waals surface area contributed by atoms with E-state index in [1.165, 1.54) is 163 Å². The van der Waals surface area contributed by atoms with Gasteiger partial charge >= 0.3 is 0 Å². The molecule has 12 rings (SSSR count). The lowest BCUT2D eigenvalue weighted by Gasteiger charge is -2.45. The molecule has 7 aliphatic rings. The molecule has 1 heterocycles. The van der Waals surface area contributed by atoms with Gasteiger partial charge in [0.25, 0.3) is 0 Å². The van der Waals surface area contributed by atoms with E-state index in [2.05, 4.69) is 126 Å². The molecule has 0 bridgehead atoms. The first-order chi connectivity index (χ1) is 49.9. The number of hydrogen-bond donors (Lipinski definition) is 16. The summed E-state index contributed by atoms with van der Waals surface area (Å²) in [4.78, 5) is 4.72. The third kappa shape index (κ3) is 54.5. The number of nitrogen functional groups attached to an aromatic ring is 4. The van der Waals surface area contributed by atoms with Crippen LogP contribution in [0.5, 0.6) is 0 Å². The molecule has 1 aliphatic heterocycles. The van der Waals surface area contributed by atoms with Crippen LogP contribution in [0.2, 0.25) is 0 Å². The van der Waals surface area contributed by atoms with Gasteiger partial charge in [0.15, 0.2) is 0 Å². The fourth-order valence-electron chi connectivity index (χ4n) is 14.6. The molecule has 0 aromatic heterocycles. The van der Waals surface area contributed by atoms with Crippen molar-refractivity contribution < 1.29 is 0 Å². The number of likely N-dealkylation sites (N-methyl/N-ethyl adjacent to an activating group) is 2. The zero-order valence-corrected chi connectivity index (χ0v) is 68.0. The van der Waals surface area contributed by atoms with Crippen LogP contribution < -0.4 is 91.3 Å². The van der Waals surface area contributed by atoms with Crippen LogP contribution in [-0.4, -0.2) is 119 Å². The van der Waals surface area contributed by atoms with Gasteiger partial charge in [-0.3, -0.25) is 0 Å². The Hall–Kier alpha value is -5.26. The SMILES string of the molecule is C.C.C.C.C.CC1(C)CC(N)CC(C)(CN)C1.CC1CCC(CN)CC1.CC1CCC(N)CC1.CCc1ccc(N)cc1.CN1CCN(C)CC1.CNCc1cccc(N)c1.Cc1ccc(Cc2ccc(N)cc2)cc1.NC1CCCC(N)C1.NC1CCCCC1N.NCC1CCCC(N)C1.NCc1cccc(N)c1. The molecule has 638 valence electrons. The second-order valence-corrected chi connectivity index (χ2v) is 33.1. The lowest BCUT2D eigenvalue weighted by molar-refractivity contribution is 0.0904. The fourth-order valence-corrected chi connectivity index (χ4v) is 14.6. The van der Waals surface area contributed by atoms with E-state index < -0.39 is 0 Å². The molecule has 7 fully saturated rings. The van der Waals surface area contributed by atoms with Crippen LogP contribution in [-0.2, 0) is 25.9 Å². The lowest BCUT2D eigenvalue weighted by atomic mass is 9.63. The number of benzene rings is 5. The van der Waals surface area contributed by atoms with E-state index in [0.717, 1.165) is 124 Å². The van der Waals surface area contributed by atoms with Crippen LogP contribution >= 0.6 is 0 Å². The van der Waals surface area contributed by atoms with E-state index in [0.29, 0.717) is 48.1 Å². The van der Waals surface area contributed by atoms with Crippen LogP contribution in [0.25, 0.3) is 0 Å². The summed E-state index contributed by atoms with van der Waals surface area (Å²) < 4.78 is 0. The van der Waals surface area contributed by atoms with Crippen molar-refractivity contribution in [1.29, 1.82) is 0 Å². The zero-order chi connectivity index (χ0) is 78.2. The third-order valence-electron chi connectivity index (χ3n) is 21.4. The van der Waals surface area contributed by atoms with Crippen molar-refractivity contribution in [3.05, 3.63) is 155 Å². The monoisotopic (exact) mass is 1540 g/mol. The van der Waals surface area contributed by atoms with Crippen molar-refractivity contribution in [3.63, 3.8) is 0 Å². The van der Waals surface area contributed by atoms with Crippen LogP contribution in [0.3, 0.4) is 0 Å². The number of rotatable bonds is 9. The third-order valence-corrected chi connectivity index (χ3v) is 21.4. The molecular formula is C92H180N18. The maximum Gasteiger partial charge on any atom is 0.0317 e. The molecule has 5 aromatic carbocycles. The van der Waals surface area contributed by atoms with Gasteiger partial charge in [0, 0.05) is 104 Å². The Morgan fingerprint density at radius 2 is 0.827 bits per heavy atom. The number of piperazine rings is 1. The maximum absolute atomic E-state index is 6.01. The van der Waals surface area contributed by atoms with Gasteiger partial charge < -0.3 is 101 Å². The van der Waals surface area contributed by atoms with Gasteiger partial charge in [-0.2, -0.15) is 0 Å². The highest BCUT2D eigenvalue weighted by molar-refractivity contribution is 5.42. The van der Waals surface area contributed by atoms with E-state index >= 15 is 0 Å². The quantitative estimate of drug-likeness (QED) is 0.0610. The van der Waals surface area contributed by atoms with Crippen molar-refractivity contribution in [2.75, 3.05) is 89.9 Å². The minimum absolute atomic E-state index is 0. The summed E-state index contributed by atoms with van der Waals surface area (Å²) >= 11 is 0. The molecule has 1 saturated heterocycles. The van der Waals surface area contributed by atoms with Crippen LogP contribution in [0.15, 0.2) is 121 Å². The first-order valence-electron chi connectivity index (χ1n) is 40.5. The number of aryl methyl sites for hydroxylation is 2. The highest BCUT2D eigenvalue weighted by Crippen LogP contribution is 2.44. The lowest BCUT2D eigenvalue weighted by Crippen LogP contribution is -2.45. The molecule has 0 amide bonds. The Labute approximate surface area is 678 Å². The van der Waals surface area contributed by atoms with Crippen molar-refractivity contribution in [1.82, 2.24) is 15.1 Å². The van der Waals surface area contributed by atoms with Crippen LogP contribution in [0.1, 0.15) is 260 Å². The van der Waals surface area contributed by atoms with Gasteiger partial charge in [-0.25, -0.2) is 0 Å². The van der Waals surface area contributed by atoms with Gasteiger partial charge in [0.05, 0.1) is 0 Å². The van der Waals surface area contributed by atoms with Crippen molar-refractivity contribution in [2.45, 2.75) is 302 Å². The fraction of sp³-hybridized carbons (Fsp3) is 0.674. The largest absolute Gasteiger partial charge is 0.399 e. The average molecular weight is 1540 g/mol. The summed E-state index contributed by atoms with van der Waals surface area (Å²) in [5.74, 6) is 3.47. The molecule has 31 N–H and O–H groups in total. The van der Waals surface area contributed by atoms with E-state index in [4.69, 9.17) is 86.0 Å². The zero-order valence-electron chi connectivity index (χ0n) is 68.0. The first-order valence-corrected chi connectivity index (χ1v) is 40.5. The number of nitrogens with zero attached hydrogens (tertiary/aromatic N) is 2. The van der Waals surface area contributed by atoms with E-state index in [-0.39, 0.29) is 54.6 Å². The minimum atomic E-state index is 0. The van der Waals surface area contributed by atoms with Gasteiger partial charge in [-0.1, -0.05) is 196 Å². The molecule has 8 atom stereocenters. The summed E-state index contributed by atoms with van der Waals surface area (Å²) in [7, 11) is 6.27. The van der Waals surface area contributed by atoms with Gasteiger partial charge in [-0.15, -0.1) is 0 Å². The molecule has 110 heavy (non-hydrogen) atoms. The molecule has 6 aliphatic carbocycles. The highest BCUT2D eigenvalue weighted by Gasteiger charge is 2.39. The molecule has 5 aromatic rings. The normalized spacial score (nSPS) is 24.9. The molecule has 0 radical (unpaired) electrons. The first kappa shape index (κ1) is 111. The van der Waals surface area contributed by atoms with E-state index in [1.807, 2.05) is 79.8 Å². The Kier molecular flexibility index (Phi) is 64.7. The highest BCUT2D eigenvalue weighted by atomic mass is 15.2. The summed E-state index contributed by atoms with van der Waals surface area (Å²) in [5, 5.41) is 3.06. The predicted molar refractivity (Wildman–Crippen MR) is 492 cm³/mol. The van der Waals surface area contributed by atoms with Crippen molar-refractivity contribution in [3.8, 4) is 0 Å². The predicted octanol–water partition coefficient (Wildman–Crippen LogP) is 15.4. The molecular weight excluding hydrogens is 1360 g/mol. The van der Waals surface area contributed by atoms with Gasteiger partial charge in [-0.05, 0) is 281 Å². The second-order valence-electron chi connectivity index (χ2n) is 33.1. The molecule has 0 spiro atoms. The number of anilines is 4. The molecule has 6 saturated carbocycles. The molecule has 8 unspecified atom stereocenters. The summed E-state index contributed by atoms with van der Waals surface area (Å²) in [6, 6.07) is 42.7. The smallest absolute Gasteiger partial charge is 0.0317 e. The Bertz CT molecular complexity index is 2770. The van der Waals surface area contributed by atoms with Crippen LogP contribution in [0.4, 0.5) is 22.7 Å². The maximum atomic E-state index is 6.01. The Morgan fingerprint density at radius 1 is 0.418 bits per heavy atom. The summed E-state index contributed by atoms with van der Waals surface area (Å²) in [6.45, 7) is 24.6. The van der Waals surface area contributed by atoms with E-state index in [1.54, 1.807) is 0 Å². The average Bonchev–Trinajstić information content (AvgIpc) is 0.809. The number of hydrogen-bond acceptors (Lipinski definition) is 18. The van der Waals surface area contributed by atoms with E-state index in [9.17, 15) is 0 Å². The van der Waals surface area contributed by atoms with Gasteiger partial charge in [0.2, 0.25) is 0 Å². The standard InChI is InChI=1S/C14H15N.C10H22N2.C8H12N2.C8H17N.C8H11N.C7H16N2.C7H10N2.C7H15N.3C6H14N2.5CH4/c1-11-2-4-12(5-3-11)10-13-6-8-14(15)9-7-13;1-9(2)4-8(12)5-10(3,6-9)7-11;1-10-6-7-3-2-4-8(9)5-7;1-7-2-4-8(6-9)5-3-7;1-2-7-3-5-8(9)6-4-7;2*8-5-6-2-1-3-7(9)4-6;1-6-2-4-7(8)5-3-6;1-7-3-5-8(2)6-4-7;7-5-2-1-3-6(8)4-5;7-5-3-1-2-4-6(5)8;;;;;/h2-9H,10,15H2,1H3;8H,4-7,11-12H2,1-3H3;2-5,10H,6,9H2,1H3;7-8H,2-6,9H2,1H3;3-6H,2,9H2,1H3;6-7H,1-5,8-9H2;1-4H,5,8-9H2;6-7H,2-5,8H2,1H3;3-6H2,1-2H3;2*5-6H,1-4,7-8H2;5*1H4. The summed E-state index contributed by atoms with van der Waals surface area (Å²) in [5.41, 5.74) is 95.9. The topological polar surface area (TPSA) is 409 Å².